The van der Waals surface area contributed by atoms with E-state index >= 15 is 0 Å². The molecule has 0 fully saturated rings. The molecule has 0 aromatic carbocycles. The van der Waals surface area contributed by atoms with Crippen LogP contribution in [0.3, 0.4) is 0 Å². The third-order valence-corrected chi connectivity index (χ3v) is 1.65. The largest absolute Gasteiger partial charge is 0.501 e. The Morgan fingerprint density at radius 1 is 1.33 bits per heavy atom. The van der Waals surface area contributed by atoms with E-state index in [4.69, 9.17) is 5.11 Å². The summed E-state index contributed by atoms with van der Waals surface area (Å²) in [7, 11) is 2.01. The molecule has 1 radical (unpaired) electrons. The quantitative estimate of drug-likeness (QED) is 0.628. The van der Waals surface area contributed by atoms with Crippen LogP contribution in [-0.2, 0) is 0 Å². The number of hydrogen-bond acceptors (Lipinski definition) is 2. The van der Waals surface area contributed by atoms with Gasteiger partial charge in [-0.05, 0) is 20.4 Å². The summed E-state index contributed by atoms with van der Waals surface area (Å²) in [6.07, 6.45) is 8.64. The number of allylic oxidation sites excluding steroid dienone is 1. The molecule has 0 spiro atoms. The molecule has 0 heterocycles. The van der Waals surface area contributed by atoms with E-state index in [1.807, 2.05) is 7.05 Å². The number of nitrogens with one attached hydrogen (secondary N) is 1. The van der Waals surface area contributed by atoms with Gasteiger partial charge in [-0.2, -0.15) is 6.42 Å². The minimum absolute atomic E-state index is 0. The van der Waals surface area contributed by atoms with E-state index in [-0.39, 0.29) is 14.0 Å². The molecule has 0 saturated carbocycles. The second-order valence-electron chi connectivity index (χ2n) is 2.71. The summed E-state index contributed by atoms with van der Waals surface area (Å²) < 4.78 is 0. The van der Waals surface area contributed by atoms with E-state index in [1.165, 1.54) is 6.42 Å². The summed E-state index contributed by atoms with van der Waals surface area (Å²) >= 11 is 0. The molecule has 0 saturated heterocycles. The number of aliphatic hydroxyl groups is 1. The van der Waals surface area contributed by atoms with Crippen LogP contribution in [0, 0.1) is 13.5 Å². The van der Waals surface area contributed by atoms with Gasteiger partial charge >= 0.3 is 0 Å². The Labute approximate surface area is 90.4 Å². The van der Waals surface area contributed by atoms with Crippen molar-refractivity contribution < 1.29 is 5.11 Å². The van der Waals surface area contributed by atoms with E-state index < -0.39 is 0 Å². The summed E-state index contributed by atoms with van der Waals surface area (Å²) in [6.45, 7) is 6.23. The van der Waals surface area contributed by atoms with Crippen LogP contribution in [0.4, 0.5) is 0 Å². The molecule has 0 rings (SSSR count). The fraction of sp³-hybridized carbons (Fsp3) is 0.750. The van der Waals surface area contributed by atoms with Gasteiger partial charge in [0.25, 0.3) is 0 Å². The maximum Gasteiger partial charge on any atom is 0.0402 e. The first-order chi connectivity index (χ1) is 6.26. The van der Waals surface area contributed by atoms with E-state index in [0.29, 0.717) is 6.04 Å². The van der Waals surface area contributed by atoms with Crippen LogP contribution >= 0.6 is 0 Å². The summed E-state index contributed by atoms with van der Waals surface area (Å²) in [6, 6.07) is 0.638. The van der Waals surface area contributed by atoms with Gasteiger partial charge in [0, 0.05) is 12.6 Å². The Kier molecular flexibility index (Phi) is 35.9. The molecule has 2 N–H and O–H groups in total. The predicted molar refractivity (Wildman–Crippen MR) is 65.0 cm³/mol. The van der Waals surface area contributed by atoms with E-state index in [9.17, 15) is 0 Å². The van der Waals surface area contributed by atoms with Crippen molar-refractivity contribution in [2.75, 3.05) is 13.7 Å². The van der Waals surface area contributed by atoms with E-state index in [0.717, 1.165) is 12.8 Å². The summed E-state index contributed by atoms with van der Waals surface area (Å²) in [5.74, 6) is 0. The maximum atomic E-state index is 7.57. The molecule has 3 heteroatoms. The second kappa shape index (κ2) is 23.0. The standard InChI is InChI=1S/C9H18N.C2H6O.CH3.Es/c1-4-6-7-8-9(5-2)10-3;1-2-3;;/h7,9-10H,4-5,8H2,1-3H3;3H,2H2,1H3;1H3;/q-1;;-1;/t9-;;;/m0.../s1. The monoisotopic (exact) mass is 453 g/mol. The van der Waals surface area contributed by atoms with Crippen molar-refractivity contribution in [1.82, 2.24) is 5.32 Å². The topological polar surface area (TPSA) is 32.3 Å². The second-order valence-corrected chi connectivity index (χ2v) is 2.71. The van der Waals surface area contributed by atoms with Crippen molar-refractivity contribution in [1.29, 1.82) is 0 Å². The Morgan fingerprint density at radius 2 is 1.80 bits per heavy atom. The molecule has 0 amide bonds. The zero-order chi connectivity index (χ0) is 10.5. The molecule has 0 bridgehead atoms. The van der Waals surface area contributed by atoms with E-state index in [2.05, 4.69) is 31.3 Å². The van der Waals surface area contributed by atoms with Crippen molar-refractivity contribution >= 4 is 0 Å². The van der Waals surface area contributed by atoms with Crippen molar-refractivity contribution in [3.8, 4) is 0 Å². The van der Waals surface area contributed by atoms with Gasteiger partial charge in [-0.3, -0.25) is 6.08 Å². The smallest absolute Gasteiger partial charge is 0.0402 e. The fourth-order valence-electron chi connectivity index (χ4n) is 0.859. The third-order valence-electron chi connectivity index (χ3n) is 1.65. The molecule has 0 aromatic rings. The first kappa shape index (κ1) is 23.5. The molecule has 0 aliphatic carbocycles. The number of aliphatic hydroxyl groups excluding tert-OH is 1. The number of rotatable bonds is 5. The molecule has 99 valence electrons. The summed E-state index contributed by atoms with van der Waals surface area (Å²) in [4.78, 5) is 0. The minimum atomic E-state index is 0. The van der Waals surface area contributed by atoms with Crippen LogP contribution in [0.1, 0.15) is 40.0 Å². The Bertz CT molecular complexity index is 104. The molecule has 0 unspecified atom stereocenters. The minimum Gasteiger partial charge on any atom is -0.501 e. The van der Waals surface area contributed by atoms with Crippen LogP contribution in [0.5, 0.6) is 0 Å². The van der Waals surface area contributed by atoms with Crippen LogP contribution in [0.25, 0.3) is 0 Å². The zero-order valence-corrected chi connectivity index (χ0v) is 13.2. The fourth-order valence-corrected chi connectivity index (χ4v) is 0.859. The normalized spacial score (nSPS) is 10.7. The van der Waals surface area contributed by atoms with Crippen LogP contribution in [0.2, 0.25) is 0 Å². The average Bonchev–Trinajstić information content (AvgIpc) is 2.14. The van der Waals surface area contributed by atoms with E-state index in [1.54, 1.807) is 6.92 Å². The Morgan fingerprint density at radius 3 is 2.07 bits per heavy atom. The Hall–Kier alpha value is -1.34. The first-order valence-corrected chi connectivity index (χ1v) is 5.09. The van der Waals surface area contributed by atoms with Crippen molar-refractivity contribution in [2.24, 2.45) is 0 Å². The first-order valence-electron chi connectivity index (χ1n) is 5.09. The molecular formula is C12H27EsNO-2. The summed E-state index contributed by atoms with van der Waals surface area (Å²) in [5, 5.41) is 10.8. The summed E-state index contributed by atoms with van der Waals surface area (Å²) in [5.41, 5.74) is 0. The maximum absolute atomic E-state index is 7.57. The number of hydrogen-bond donors (Lipinski definition) is 2. The van der Waals surface area contributed by atoms with Gasteiger partial charge < -0.3 is 23.9 Å². The SMILES string of the molecule is CCO.CC[C-]=CC[C@H](CC)NC.[CH3-].[Es]. The molecular weight excluding hydrogens is 426 g/mol. The van der Waals surface area contributed by atoms with Gasteiger partial charge in [-0.25, -0.2) is 0 Å². The Balaban J connectivity index is -0.000000108. The van der Waals surface area contributed by atoms with Crippen molar-refractivity contribution in [3.63, 3.8) is 0 Å². The third kappa shape index (κ3) is 24.5. The van der Waals surface area contributed by atoms with Gasteiger partial charge in [-0.15, -0.1) is 0 Å². The molecule has 2 nitrogen and oxygen atoms in total. The molecule has 0 aliphatic heterocycles. The van der Waals surface area contributed by atoms with Gasteiger partial charge in [0.05, 0.1) is 0 Å². The van der Waals surface area contributed by atoms with Crippen LogP contribution in [-0.4, -0.2) is 24.8 Å². The van der Waals surface area contributed by atoms with Crippen LogP contribution in [0.15, 0.2) is 6.08 Å². The van der Waals surface area contributed by atoms with Crippen molar-refractivity contribution in [3.05, 3.63) is 19.6 Å². The van der Waals surface area contributed by atoms with Gasteiger partial charge in [0.1, 0.15) is 0 Å². The van der Waals surface area contributed by atoms with Crippen LogP contribution < -0.4 is 5.32 Å². The average molecular weight is 453 g/mol. The molecule has 0 aliphatic rings. The molecule has 1 atom stereocenters. The molecule has 0 aromatic heterocycles. The molecule has 15 heavy (non-hydrogen) atoms. The van der Waals surface area contributed by atoms with Gasteiger partial charge in [0.2, 0.25) is 0 Å². The van der Waals surface area contributed by atoms with Gasteiger partial charge in [0.15, 0.2) is 0 Å². The zero-order valence-electron chi connectivity index (χ0n) is 10.7. The predicted octanol–water partition coefficient (Wildman–Crippen LogP) is 2.59. The van der Waals surface area contributed by atoms with Crippen molar-refractivity contribution in [2.45, 2.75) is 46.1 Å². The van der Waals surface area contributed by atoms with Gasteiger partial charge in [-0.1, -0.05) is 20.3 Å².